The van der Waals surface area contributed by atoms with Gasteiger partial charge in [0.2, 0.25) is 0 Å². The highest BCUT2D eigenvalue weighted by Gasteiger charge is 2.48. The third kappa shape index (κ3) is 3.60. The number of sulfone groups is 1. The predicted molar refractivity (Wildman–Crippen MR) is 93.0 cm³/mol. The Bertz CT molecular complexity index is 1260. The summed E-state index contributed by atoms with van der Waals surface area (Å²) in [5, 5.41) is 12.4. The van der Waals surface area contributed by atoms with Crippen LogP contribution in [0.15, 0.2) is 35.2 Å². The maximum Gasteiger partial charge on any atom is 0.501 e. The van der Waals surface area contributed by atoms with Crippen LogP contribution in [0, 0.1) is 24.1 Å². The summed E-state index contributed by atoms with van der Waals surface area (Å²) >= 11 is -0.601. The van der Waals surface area contributed by atoms with Crippen molar-refractivity contribution in [1.82, 2.24) is 9.19 Å². The van der Waals surface area contributed by atoms with E-state index < -0.39 is 43.9 Å². The summed E-state index contributed by atoms with van der Waals surface area (Å²) < 4.78 is 95.7. The molecular weight excluding hydrogens is 441 g/mol. The Kier molecular flexibility index (Phi) is 5.18. The molecule has 3 aromatic rings. The maximum atomic E-state index is 13.6. The topological polar surface area (TPSA) is 85.0 Å². The van der Waals surface area contributed by atoms with Gasteiger partial charge in [0.25, 0.3) is 9.84 Å². The van der Waals surface area contributed by atoms with Crippen LogP contribution < -0.4 is 4.74 Å². The first-order valence-electron chi connectivity index (χ1n) is 7.51. The molecule has 6 nitrogen and oxygen atoms in total. The van der Waals surface area contributed by atoms with Crippen molar-refractivity contribution in [1.29, 1.82) is 5.26 Å². The summed E-state index contributed by atoms with van der Waals surface area (Å²) in [6, 6.07) is 6.23. The van der Waals surface area contributed by atoms with Crippen molar-refractivity contribution < 1.29 is 34.6 Å². The van der Waals surface area contributed by atoms with Gasteiger partial charge >= 0.3 is 5.51 Å². The van der Waals surface area contributed by atoms with Crippen molar-refractivity contribution in [3.05, 3.63) is 47.4 Å². The second-order valence-electron chi connectivity index (χ2n) is 5.65. The number of fused-ring (bicyclic) bond motifs is 1. The number of nitrogens with zero attached hydrogens (tertiary/aromatic N) is 3. The van der Waals surface area contributed by atoms with Crippen LogP contribution in [0.1, 0.15) is 11.3 Å². The molecule has 1 aromatic heterocycles. The number of nitriles is 1. The molecule has 29 heavy (non-hydrogen) atoms. The van der Waals surface area contributed by atoms with Crippen LogP contribution in [0.4, 0.5) is 21.4 Å². The number of aromatic nitrogens is 2. The zero-order valence-electron chi connectivity index (χ0n) is 14.2. The number of hydrogen-bond donors (Lipinski definition) is 0. The first-order valence-corrected chi connectivity index (χ1v) is 9.66. The van der Waals surface area contributed by atoms with E-state index in [0.29, 0.717) is 10.2 Å². The molecule has 13 heteroatoms. The Morgan fingerprint density at radius 2 is 1.93 bits per heavy atom. The average molecular weight is 449 g/mol. The summed E-state index contributed by atoms with van der Waals surface area (Å²) in [5.41, 5.74) is -6.42. The van der Waals surface area contributed by atoms with Crippen LogP contribution >= 0.6 is 12.3 Å². The molecule has 2 aromatic carbocycles. The van der Waals surface area contributed by atoms with Crippen LogP contribution in [0.5, 0.6) is 11.5 Å². The van der Waals surface area contributed by atoms with E-state index in [1.54, 1.807) is 6.07 Å². The summed E-state index contributed by atoms with van der Waals surface area (Å²) in [6.45, 7) is 1.30. The molecule has 152 valence electrons. The lowest BCUT2D eigenvalue weighted by atomic mass is 10.2. The number of benzene rings is 2. The SMILES string of the molecule is Cc1nn(SF)c2c(S(=O)(=O)C(F)(F)F)ccc(Oc3cc(F)cc(C#N)c3)c12. The monoisotopic (exact) mass is 449 g/mol. The van der Waals surface area contributed by atoms with Crippen molar-refractivity contribution in [3.63, 3.8) is 0 Å². The third-order valence-electron chi connectivity index (χ3n) is 3.78. The first kappa shape index (κ1) is 20.9. The fraction of sp³-hybridized carbons (Fsp3) is 0.125. The Labute approximate surface area is 164 Å². The van der Waals surface area contributed by atoms with Crippen molar-refractivity contribution in [2.45, 2.75) is 17.3 Å². The van der Waals surface area contributed by atoms with E-state index >= 15 is 0 Å². The second kappa shape index (κ2) is 7.20. The lowest BCUT2D eigenvalue weighted by Gasteiger charge is -2.13. The van der Waals surface area contributed by atoms with Gasteiger partial charge in [-0.2, -0.15) is 27.6 Å². The van der Waals surface area contributed by atoms with E-state index in [0.717, 1.165) is 18.2 Å². The molecular formula is C16H8F5N3O3S2. The van der Waals surface area contributed by atoms with Crippen LogP contribution in [-0.4, -0.2) is 23.1 Å². The number of alkyl halides is 3. The van der Waals surface area contributed by atoms with Gasteiger partial charge in [-0.25, -0.2) is 12.8 Å². The quantitative estimate of drug-likeness (QED) is 0.531. The zero-order chi connectivity index (χ0) is 21.6. The fourth-order valence-electron chi connectivity index (χ4n) is 2.62. The van der Waals surface area contributed by atoms with Crippen molar-refractivity contribution in [3.8, 4) is 17.6 Å². The standard InChI is InChI=1S/C16H8F5N3O3S2/c1-8-14-12(27-11-5-9(7-22)4-10(17)6-11)2-3-13(15(14)24(23-8)28-21)29(25,26)16(18,19)20/h2-6H,1H3. The van der Waals surface area contributed by atoms with Crippen LogP contribution in [0.3, 0.4) is 0 Å². The highest BCUT2D eigenvalue weighted by molar-refractivity contribution is 7.93. The minimum Gasteiger partial charge on any atom is -0.456 e. The van der Waals surface area contributed by atoms with Crippen LogP contribution in [0.25, 0.3) is 10.9 Å². The molecule has 0 radical (unpaired) electrons. The molecule has 1 heterocycles. The Balaban J connectivity index is 2.28. The highest BCUT2D eigenvalue weighted by atomic mass is 32.2. The fourth-order valence-corrected chi connectivity index (χ4v) is 4.03. The molecule has 0 atom stereocenters. The molecule has 0 saturated carbocycles. The molecule has 0 unspecified atom stereocenters. The van der Waals surface area contributed by atoms with E-state index in [2.05, 4.69) is 5.10 Å². The predicted octanol–water partition coefficient (Wildman–Crippen LogP) is 4.82. The minimum absolute atomic E-state index is 0.0312. The van der Waals surface area contributed by atoms with Crippen LogP contribution in [0.2, 0.25) is 0 Å². The van der Waals surface area contributed by atoms with Gasteiger partial charge in [0.05, 0.1) is 22.7 Å². The lowest BCUT2D eigenvalue weighted by Crippen LogP contribution is -2.23. The Morgan fingerprint density at radius 1 is 1.24 bits per heavy atom. The molecule has 0 fully saturated rings. The van der Waals surface area contributed by atoms with Gasteiger partial charge in [0.15, 0.2) is 12.3 Å². The van der Waals surface area contributed by atoms with Crippen molar-refractivity contribution in [2.75, 3.05) is 0 Å². The van der Waals surface area contributed by atoms with Gasteiger partial charge in [-0.1, -0.05) is 0 Å². The van der Waals surface area contributed by atoms with Gasteiger partial charge in [0, 0.05) is 6.07 Å². The van der Waals surface area contributed by atoms with Gasteiger partial charge in [-0.3, -0.25) is 0 Å². The number of halogens is 5. The largest absolute Gasteiger partial charge is 0.501 e. The Morgan fingerprint density at radius 3 is 2.52 bits per heavy atom. The number of ether oxygens (including phenoxy) is 1. The second-order valence-corrected chi connectivity index (χ2v) is 8.04. The molecule has 0 N–H and O–H groups in total. The van der Waals surface area contributed by atoms with E-state index in [4.69, 9.17) is 10.00 Å². The van der Waals surface area contributed by atoms with Crippen molar-refractivity contribution in [2.24, 2.45) is 0 Å². The van der Waals surface area contributed by atoms with Crippen LogP contribution in [-0.2, 0) is 9.84 Å². The molecule has 3 rings (SSSR count). The van der Waals surface area contributed by atoms with E-state index in [9.17, 15) is 29.9 Å². The van der Waals surface area contributed by atoms with E-state index in [1.807, 2.05) is 0 Å². The lowest BCUT2D eigenvalue weighted by molar-refractivity contribution is -0.0435. The normalized spacial score (nSPS) is 12.2. The van der Waals surface area contributed by atoms with Gasteiger partial charge < -0.3 is 4.74 Å². The molecule has 0 aliphatic heterocycles. The molecule has 0 amide bonds. The molecule has 0 aliphatic rings. The van der Waals surface area contributed by atoms with Gasteiger partial charge in [0.1, 0.15) is 27.7 Å². The summed E-state index contributed by atoms with van der Waals surface area (Å²) in [7, 11) is -5.83. The minimum atomic E-state index is -5.83. The zero-order valence-corrected chi connectivity index (χ0v) is 15.8. The molecule has 0 aliphatic carbocycles. The number of rotatable bonds is 4. The summed E-state index contributed by atoms with van der Waals surface area (Å²) in [6.07, 6.45) is 0. The number of hydrogen-bond acceptors (Lipinski definition) is 6. The number of aryl methyl sites for hydroxylation is 1. The Hall–Kier alpha value is -2.85. The molecule has 0 saturated heterocycles. The van der Waals surface area contributed by atoms with Crippen molar-refractivity contribution >= 4 is 33.1 Å². The third-order valence-corrected chi connectivity index (χ3v) is 5.70. The summed E-state index contributed by atoms with van der Waals surface area (Å²) in [5.74, 6) is -1.18. The maximum absolute atomic E-state index is 13.6. The highest BCUT2D eigenvalue weighted by Crippen LogP contribution is 2.41. The average Bonchev–Trinajstić information content (AvgIpc) is 2.97. The molecule has 0 spiro atoms. The van der Waals surface area contributed by atoms with Gasteiger partial charge in [-0.05, 0) is 31.2 Å². The van der Waals surface area contributed by atoms with Gasteiger partial charge in [-0.15, -0.1) is 3.89 Å². The van der Waals surface area contributed by atoms with E-state index in [-0.39, 0.29) is 28.1 Å². The first-order chi connectivity index (χ1) is 13.5. The molecule has 0 bridgehead atoms. The summed E-state index contributed by atoms with van der Waals surface area (Å²) in [4.78, 5) is -1.21. The van der Waals surface area contributed by atoms with E-state index in [1.165, 1.54) is 13.0 Å². The smallest absolute Gasteiger partial charge is 0.456 e.